The molecule has 1 heterocycles. The molecule has 1 aliphatic rings. The van der Waals surface area contributed by atoms with Crippen molar-refractivity contribution in [3.05, 3.63) is 65.7 Å². The lowest BCUT2D eigenvalue weighted by Gasteiger charge is -2.35. The van der Waals surface area contributed by atoms with Crippen molar-refractivity contribution in [2.45, 2.75) is 58.4 Å². The molecule has 1 fully saturated rings. The van der Waals surface area contributed by atoms with Crippen LogP contribution in [0.15, 0.2) is 54.6 Å². The summed E-state index contributed by atoms with van der Waals surface area (Å²) in [7, 11) is 0. The topological polar surface area (TPSA) is 67.9 Å². The smallest absolute Gasteiger partial charge is 0.412 e. The van der Waals surface area contributed by atoms with Crippen molar-refractivity contribution in [2.75, 3.05) is 11.9 Å². The lowest BCUT2D eigenvalue weighted by molar-refractivity contribution is -0.0624. The van der Waals surface area contributed by atoms with Crippen LogP contribution in [-0.2, 0) is 15.9 Å². The van der Waals surface area contributed by atoms with Gasteiger partial charge in [-0.25, -0.2) is 4.79 Å². The Morgan fingerprint density at radius 1 is 1.10 bits per heavy atom. The Kier molecular flexibility index (Phi) is 6.17. The van der Waals surface area contributed by atoms with Crippen LogP contribution in [0.5, 0.6) is 0 Å². The summed E-state index contributed by atoms with van der Waals surface area (Å²) in [5.41, 5.74) is 1.09. The molecule has 2 aromatic rings. The maximum Gasteiger partial charge on any atom is 0.412 e. The highest BCUT2D eigenvalue weighted by Gasteiger charge is 2.45. The van der Waals surface area contributed by atoms with Crippen LogP contribution in [0, 0.1) is 0 Å². The van der Waals surface area contributed by atoms with Gasteiger partial charge in [-0.2, -0.15) is 0 Å². The van der Waals surface area contributed by atoms with Crippen molar-refractivity contribution in [1.82, 2.24) is 4.90 Å². The fourth-order valence-electron chi connectivity index (χ4n) is 3.50. The summed E-state index contributed by atoms with van der Waals surface area (Å²) in [4.78, 5) is 26.7. The minimum atomic E-state index is -0.726. The summed E-state index contributed by atoms with van der Waals surface area (Å²) < 4.78 is 11.5. The normalized spacial score (nSPS) is 18.2. The van der Waals surface area contributed by atoms with Crippen LogP contribution in [0.1, 0.15) is 50.5 Å². The molecule has 3 rings (SSSR count). The van der Waals surface area contributed by atoms with E-state index in [1.165, 1.54) is 0 Å². The number of nitrogens with zero attached hydrogens (tertiary/aromatic N) is 1. The molecule has 30 heavy (non-hydrogen) atoms. The van der Waals surface area contributed by atoms with Gasteiger partial charge in [0.1, 0.15) is 11.3 Å². The number of carbonyl (C=O) groups excluding carboxylic acids is 2. The summed E-state index contributed by atoms with van der Waals surface area (Å²) in [6.45, 7) is 9.75. The third-order valence-electron chi connectivity index (χ3n) is 4.88. The monoisotopic (exact) mass is 410 g/mol. The Balaban J connectivity index is 1.66. The highest BCUT2D eigenvalue weighted by Crippen LogP contribution is 2.31. The first-order chi connectivity index (χ1) is 14.0. The van der Waals surface area contributed by atoms with Gasteiger partial charge in [-0.3, -0.25) is 9.69 Å². The number of amides is 2. The number of benzene rings is 2. The molecule has 6 nitrogen and oxygen atoms in total. The third-order valence-corrected chi connectivity index (χ3v) is 4.88. The fourth-order valence-corrected chi connectivity index (χ4v) is 3.50. The molecule has 1 saturated heterocycles. The third kappa shape index (κ3) is 5.39. The van der Waals surface area contributed by atoms with Crippen molar-refractivity contribution in [2.24, 2.45) is 0 Å². The number of rotatable bonds is 4. The second-order valence-electron chi connectivity index (χ2n) is 8.98. The first-order valence-electron chi connectivity index (χ1n) is 10.2. The molecule has 0 radical (unpaired) electrons. The maximum atomic E-state index is 12.8. The number of hydrogen-bond acceptors (Lipinski definition) is 4. The van der Waals surface area contributed by atoms with Crippen molar-refractivity contribution in [1.29, 1.82) is 0 Å². The molecule has 0 aromatic heterocycles. The van der Waals surface area contributed by atoms with E-state index in [9.17, 15) is 9.59 Å². The van der Waals surface area contributed by atoms with E-state index >= 15 is 0 Å². The lowest BCUT2D eigenvalue weighted by Crippen LogP contribution is -2.50. The van der Waals surface area contributed by atoms with Crippen LogP contribution in [0.4, 0.5) is 10.5 Å². The minimum absolute atomic E-state index is 0.125. The number of anilines is 1. The number of nitrogens with one attached hydrogen (secondary N) is 1. The second-order valence-corrected chi connectivity index (χ2v) is 8.98. The van der Waals surface area contributed by atoms with Crippen LogP contribution in [0.3, 0.4) is 0 Å². The zero-order chi connectivity index (χ0) is 21.9. The molecule has 2 aromatic carbocycles. The van der Waals surface area contributed by atoms with E-state index < -0.39 is 11.3 Å². The molecule has 1 atom stereocenters. The fraction of sp³-hybridized carbons (Fsp3) is 0.417. The summed E-state index contributed by atoms with van der Waals surface area (Å²) >= 11 is 0. The van der Waals surface area contributed by atoms with Crippen LogP contribution >= 0.6 is 0 Å². The molecular formula is C24H30N2O4. The summed E-state index contributed by atoms with van der Waals surface area (Å²) in [6.07, 6.45) is 0.261. The van der Waals surface area contributed by atoms with Gasteiger partial charge >= 0.3 is 6.09 Å². The highest BCUT2D eigenvalue weighted by atomic mass is 16.6. The molecule has 1 N–H and O–H groups in total. The van der Waals surface area contributed by atoms with E-state index in [1.54, 1.807) is 17.0 Å². The van der Waals surface area contributed by atoms with Crippen molar-refractivity contribution >= 4 is 17.7 Å². The van der Waals surface area contributed by atoms with Crippen molar-refractivity contribution in [3.8, 4) is 0 Å². The van der Waals surface area contributed by atoms with E-state index in [0.29, 0.717) is 18.6 Å². The van der Waals surface area contributed by atoms with Gasteiger partial charge in [0.2, 0.25) is 0 Å². The first kappa shape index (κ1) is 21.8. The van der Waals surface area contributed by atoms with Gasteiger partial charge in [-0.1, -0.05) is 30.3 Å². The van der Waals surface area contributed by atoms with E-state index in [1.807, 2.05) is 77.1 Å². The minimum Gasteiger partial charge on any atom is -0.444 e. The van der Waals surface area contributed by atoms with Crippen molar-refractivity contribution in [3.63, 3.8) is 0 Å². The van der Waals surface area contributed by atoms with E-state index in [-0.39, 0.29) is 18.0 Å². The number of ether oxygens (including phenoxy) is 2. The van der Waals surface area contributed by atoms with Gasteiger partial charge in [-0.15, -0.1) is 0 Å². The van der Waals surface area contributed by atoms with Gasteiger partial charge in [0.25, 0.3) is 5.91 Å². The predicted molar refractivity (Wildman–Crippen MR) is 116 cm³/mol. The van der Waals surface area contributed by atoms with E-state index in [2.05, 4.69) is 5.32 Å². The maximum absolute atomic E-state index is 12.8. The molecule has 160 valence electrons. The lowest BCUT2D eigenvalue weighted by atomic mass is 10.0. The number of carbonyl (C=O) groups is 2. The quantitative estimate of drug-likeness (QED) is 0.782. The molecule has 0 aliphatic carbocycles. The molecule has 0 saturated carbocycles. The molecular weight excluding hydrogens is 380 g/mol. The molecule has 6 heteroatoms. The Labute approximate surface area is 178 Å². The second kappa shape index (κ2) is 8.48. The Hall–Kier alpha value is -2.86. The number of hydrogen-bond donors (Lipinski definition) is 1. The summed E-state index contributed by atoms with van der Waals surface area (Å²) in [5.74, 6) is -0.148. The van der Waals surface area contributed by atoms with Crippen LogP contribution in [-0.4, -0.2) is 40.9 Å². The molecule has 1 unspecified atom stereocenters. The van der Waals surface area contributed by atoms with Crippen LogP contribution in [0.2, 0.25) is 0 Å². The van der Waals surface area contributed by atoms with Crippen LogP contribution in [0.25, 0.3) is 0 Å². The van der Waals surface area contributed by atoms with E-state index in [4.69, 9.17) is 9.47 Å². The molecule has 1 aliphatic heterocycles. The average Bonchev–Trinajstić information content (AvgIpc) is 2.96. The summed E-state index contributed by atoms with van der Waals surface area (Å²) in [6, 6.07) is 16.6. The Morgan fingerprint density at radius 2 is 1.73 bits per heavy atom. The Morgan fingerprint density at radius 3 is 2.33 bits per heavy atom. The van der Waals surface area contributed by atoms with Crippen LogP contribution < -0.4 is 5.32 Å². The first-order valence-corrected chi connectivity index (χ1v) is 10.2. The standard InChI is InChI=1S/C24H30N2O4/c1-23(2,3)30-22(28)26-20(16-29-24(26,4)5)15-17-11-13-19(14-12-17)25-21(27)18-9-7-6-8-10-18/h6-14,20H,15-16H2,1-5H3,(H,25,27). The van der Waals surface area contributed by atoms with Gasteiger partial charge in [-0.05, 0) is 70.9 Å². The molecule has 2 amide bonds. The van der Waals surface area contributed by atoms with E-state index in [0.717, 1.165) is 11.3 Å². The van der Waals surface area contributed by atoms with Gasteiger partial charge in [0.15, 0.2) is 0 Å². The summed E-state index contributed by atoms with van der Waals surface area (Å²) in [5, 5.41) is 2.90. The highest BCUT2D eigenvalue weighted by molar-refractivity contribution is 6.04. The molecule has 0 spiro atoms. The average molecular weight is 411 g/mol. The largest absolute Gasteiger partial charge is 0.444 e. The zero-order valence-electron chi connectivity index (χ0n) is 18.3. The Bertz CT molecular complexity index is 886. The van der Waals surface area contributed by atoms with Gasteiger partial charge < -0.3 is 14.8 Å². The zero-order valence-corrected chi connectivity index (χ0v) is 18.3. The van der Waals surface area contributed by atoms with Gasteiger partial charge in [0.05, 0.1) is 12.6 Å². The van der Waals surface area contributed by atoms with Gasteiger partial charge in [0, 0.05) is 11.3 Å². The van der Waals surface area contributed by atoms with Crippen molar-refractivity contribution < 1.29 is 19.1 Å². The predicted octanol–water partition coefficient (Wildman–Crippen LogP) is 4.85. The molecule has 0 bridgehead atoms. The SMILES string of the molecule is CC(C)(C)OC(=O)N1C(Cc2ccc(NC(=O)c3ccccc3)cc2)COC1(C)C.